The van der Waals surface area contributed by atoms with Gasteiger partial charge in [-0.1, -0.05) is 42.8 Å². The summed E-state index contributed by atoms with van der Waals surface area (Å²) >= 11 is 0. The molecule has 0 saturated heterocycles. The van der Waals surface area contributed by atoms with Crippen LogP contribution in [0.4, 0.5) is 0 Å². The van der Waals surface area contributed by atoms with Gasteiger partial charge in [0.15, 0.2) is 6.61 Å². The van der Waals surface area contributed by atoms with Crippen molar-refractivity contribution in [2.24, 2.45) is 0 Å². The third-order valence-electron chi connectivity index (χ3n) is 4.25. The molecule has 1 N–H and O–H groups in total. The third kappa shape index (κ3) is 4.60. The summed E-state index contributed by atoms with van der Waals surface area (Å²) in [7, 11) is 0. The van der Waals surface area contributed by atoms with Gasteiger partial charge in [-0.25, -0.2) is 0 Å². The monoisotopic (exact) mass is 325 g/mol. The molecule has 3 heteroatoms. The van der Waals surface area contributed by atoms with E-state index in [2.05, 4.69) is 44.3 Å². The maximum Gasteiger partial charge on any atom is 0.258 e. The van der Waals surface area contributed by atoms with Crippen molar-refractivity contribution >= 4 is 5.91 Å². The van der Waals surface area contributed by atoms with Crippen LogP contribution in [0.2, 0.25) is 0 Å². The van der Waals surface area contributed by atoms with Gasteiger partial charge in [0.1, 0.15) is 5.75 Å². The zero-order valence-electron chi connectivity index (χ0n) is 15.3. The molecule has 0 radical (unpaired) electrons. The molecule has 0 bridgehead atoms. The number of hydrogen-bond donors (Lipinski definition) is 1. The van der Waals surface area contributed by atoms with Gasteiger partial charge in [-0.15, -0.1) is 0 Å². The van der Waals surface area contributed by atoms with E-state index in [1.165, 1.54) is 16.7 Å². The largest absolute Gasteiger partial charge is 0.483 e. The Morgan fingerprint density at radius 1 is 1.00 bits per heavy atom. The molecular weight excluding hydrogens is 298 g/mol. The van der Waals surface area contributed by atoms with Crippen molar-refractivity contribution in [1.82, 2.24) is 5.32 Å². The maximum atomic E-state index is 12.3. The number of benzene rings is 2. The number of carbonyl (C=O) groups excluding carboxylic acids is 1. The first-order chi connectivity index (χ1) is 11.4. The molecule has 0 heterocycles. The SMILES string of the molecule is CC[C@H](NC(=O)COc1cc(C)ccc1C)c1ccc(C)cc1C. The highest BCUT2D eigenvalue weighted by Gasteiger charge is 2.15. The lowest BCUT2D eigenvalue weighted by molar-refractivity contribution is -0.123. The summed E-state index contributed by atoms with van der Waals surface area (Å²) in [6.45, 7) is 10.3. The van der Waals surface area contributed by atoms with Crippen LogP contribution < -0.4 is 10.1 Å². The highest BCUT2D eigenvalue weighted by Crippen LogP contribution is 2.22. The van der Waals surface area contributed by atoms with E-state index in [1.54, 1.807) is 0 Å². The molecule has 0 aliphatic rings. The molecule has 0 aliphatic heterocycles. The minimum atomic E-state index is -0.0947. The van der Waals surface area contributed by atoms with Crippen LogP contribution in [0.25, 0.3) is 0 Å². The first kappa shape index (κ1) is 18.1. The van der Waals surface area contributed by atoms with Crippen LogP contribution in [0.1, 0.15) is 47.2 Å². The first-order valence-corrected chi connectivity index (χ1v) is 8.47. The van der Waals surface area contributed by atoms with Crippen molar-refractivity contribution in [3.63, 3.8) is 0 Å². The van der Waals surface area contributed by atoms with E-state index < -0.39 is 0 Å². The second-order valence-corrected chi connectivity index (χ2v) is 6.45. The summed E-state index contributed by atoms with van der Waals surface area (Å²) in [5, 5.41) is 3.08. The fraction of sp³-hybridized carbons (Fsp3) is 0.381. The van der Waals surface area contributed by atoms with Crippen LogP contribution in [0, 0.1) is 27.7 Å². The van der Waals surface area contributed by atoms with Crippen LogP contribution in [-0.4, -0.2) is 12.5 Å². The minimum Gasteiger partial charge on any atom is -0.483 e. The molecule has 3 nitrogen and oxygen atoms in total. The van der Waals surface area contributed by atoms with E-state index in [4.69, 9.17) is 4.74 Å². The van der Waals surface area contributed by atoms with Gasteiger partial charge in [-0.05, 0) is 62.4 Å². The maximum absolute atomic E-state index is 12.3. The van der Waals surface area contributed by atoms with Gasteiger partial charge in [0.2, 0.25) is 0 Å². The highest BCUT2D eigenvalue weighted by atomic mass is 16.5. The Labute approximate surface area is 145 Å². The van der Waals surface area contributed by atoms with Crippen LogP contribution in [-0.2, 0) is 4.79 Å². The number of rotatable bonds is 6. The van der Waals surface area contributed by atoms with Crippen molar-refractivity contribution in [2.75, 3.05) is 6.61 Å². The van der Waals surface area contributed by atoms with E-state index in [9.17, 15) is 4.79 Å². The van der Waals surface area contributed by atoms with Crippen LogP contribution in [0.3, 0.4) is 0 Å². The van der Waals surface area contributed by atoms with Crippen molar-refractivity contribution in [1.29, 1.82) is 0 Å². The molecule has 1 amide bonds. The summed E-state index contributed by atoms with van der Waals surface area (Å²) < 4.78 is 5.70. The molecule has 2 aromatic carbocycles. The van der Waals surface area contributed by atoms with E-state index in [0.717, 1.165) is 23.3 Å². The first-order valence-electron chi connectivity index (χ1n) is 8.47. The van der Waals surface area contributed by atoms with E-state index in [1.807, 2.05) is 32.0 Å². The molecule has 0 aliphatic carbocycles. The average Bonchev–Trinajstić information content (AvgIpc) is 2.54. The smallest absolute Gasteiger partial charge is 0.258 e. The number of amides is 1. The van der Waals surface area contributed by atoms with Gasteiger partial charge in [0.25, 0.3) is 5.91 Å². The minimum absolute atomic E-state index is 0.0142. The Hall–Kier alpha value is -2.29. The average molecular weight is 325 g/mol. The lowest BCUT2D eigenvalue weighted by Gasteiger charge is -2.20. The van der Waals surface area contributed by atoms with E-state index in [-0.39, 0.29) is 18.6 Å². The van der Waals surface area contributed by atoms with Gasteiger partial charge >= 0.3 is 0 Å². The van der Waals surface area contributed by atoms with Crippen molar-refractivity contribution in [3.8, 4) is 5.75 Å². The molecule has 0 saturated carbocycles. The number of aryl methyl sites for hydroxylation is 4. The summed E-state index contributed by atoms with van der Waals surface area (Å²) in [4.78, 5) is 12.3. The molecule has 2 rings (SSSR count). The molecule has 0 unspecified atom stereocenters. The number of hydrogen-bond acceptors (Lipinski definition) is 2. The molecule has 0 fully saturated rings. The van der Waals surface area contributed by atoms with Crippen LogP contribution in [0.15, 0.2) is 36.4 Å². The Balaban J connectivity index is 2.00. The van der Waals surface area contributed by atoms with Gasteiger partial charge in [0.05, 0.1) is 6.04 Å². The summed E-state index contributed by atoms with van der Waals surface area (Å²) in [6.07, 6.45) is 0.846. The molecular formula is C21H27NO2. The Morgan fingerprint density at radius 3 is 2.33 bits per heavy atom. The number of carbonyl (C=O) groups is 1. The van der Waals surface area contributed by atoms with Crippen molar-refractivity contribution < 1.29 is 9.53 Å². The lowest BCUT2D eigenvalue weighted by Crippen LogP contribution is -2.32. The second-order valence-electron chi connectivity index (χ2n) is 6.45. The molecule has 2 aromatic rings. The number of nitrogens with one attached hydrogen (secondary N) is 1. The Morgan fingerprint density at radius 2 is 1.67 bits per heavy atom. The van der Waals surface area contributed by atoms with Gasteiger partial charge in [0, 0.05) is 0 Å². The van der Waals surface area contributed by atoms with Crippen LogP contribution in [0.5, 0.6) is 5.75 Å². The molecule has 0 aromatic heterocycles. The van der Waals surface area contributed by atoms with Crippen molar-refractivity contribution in [3.05, 3.63) is 64.2 Å². The predicted molar refractivity (Wildman–Crippen MR) is 98.5 cm³/mol. The zero-order valence-corrected chi connectivity index (χ0v) is 15.3. The topological polar surface area (TPSA) is 38.3 Å². The van der Waals surface area contributed by atoms with E-state index >= 15 is 0 Å². The standard InChI is InChI=1S/C21H27NO2/c1-6-19(18-10-8-14(2)11-17(18)5)22-21(23)13-24-20-12-15(3)7-9-16(20)4/h7-12,19H,6,13H2,1-5H3,(H,22,23)/t19-/m0/s1. The van der Waals surface area contributed by atoms with Gasteiger partial charge in [-0.2, -0.15) is 0 Å². The fourth-order valence-corrected chi connectivity index (χ4v) is 2.86. The highest BCUT2D eigenvalue weighted by molar-refractivity contribution is 5.78. The molecule has 0 spiro atoms. The molecule has 1 atom stereocenters. The lowest BCUT2D eigenvalue weighted by atomic mass is 9.97. The van der Waals surface area contributed by atoms with Gasteiger partial charge < -0.3 is 10.1 Å². The normalized spacial score (nSPS) is 11.9. The quantitative estimate of drug-likeness (QED) is 0.845. The third-order valence-corrected chi connectivity index (χ3v) is 4.25. The van der Waals surface area contributed by atoms with Gasteiger partial charge in [-0.3, -0.25) is 4.79 Å². The summed E-state index contributed by atoms with van der Waals surface area (Å²) in [6, 6.07) is 12.4. The zero-order chi connectivity index (χ0) is 17.7. The summed E-state index contributed by atoms with van der Waals surface area (Å²) in [5.74, 6) is 0.674. The van der Waals surface area contributed by atoms with Crippen LogP contribution >= 0.6 is 0 Å². The van der Waals surface area contributed by atoms with Crippen molar-refractivity contribution in [2.45, 2.75) is 47.1 Å². The molecule has 24 heavy (non-hydrogen) atoms. The summed E-state index contributed by atoms with van der Waals surface area (Å²) in [5.41, 5.74) is 5.77. The Bertz CT molecular complexity index is 722. The fourth-order valence-electron chi connectivity index (χ4n) is 2.86. The molecule has 128 valence electrons. The predicted octanol–water partition coefficient (Wildman–Crippen LogP) is 4.57. The van der Waals surface area contributed by atoms with E-state index in [0.29, 0.717) is 0 Å². The Kier molecular flexibility index (Phi) is 6.02. The number of ether oxygens (including phenoxy) is 1. The second kappa shape index (κ2) is 8.00.